The van der Waals surface area contributed by atoms with Crippen molar-refractivity contribution < 1.29 is 23.1 Å². The van der Waals surface area contributed by atoms with Gasteiger partial charge < -0.3 is 10.4 Å². The van der Waals surface area contributed by atoms with Crippen molar-refractivity contribution in [3.63, 3.8) is 0 Å². The maximum absolute atomic E-state index is 12.2. The summed E-state index contributed by atoms with van der Waals surface area (Å²) in [6.45, 7) is 0.230. The third-order valence-corrected chi connectivity index (χ3v) is 2.13. The normalized spacial score (nSPS) is 27.9. The number of carboxylic acids is 1. The number of carboxylic acid groups (broad SMARTS) is 1. The van der Waals surface area contributed by atoms with Gasteiger partial charge in [-0.3, -0.25) is 4.79 Å². The van der Waals surface area contributed by atoms with Gasteiger partial charge >= 0.3 is 12.1 Å². The number of alkyl halides is 3. The minimum absolute atomic E-state index is 0. The van der Waals surface area contributed by atoms with Gasteiger partial charge in [-0.2, -0.15) is 13.2 Å². The fourth-order valence-corrected chi connectivity index (χ4v) is 1.50. The molecule has 0 aliphatic carbocycles. The molecule has 0 unspecified atom stereocenters. The van der Waals surface area contributed by atoms with Crippen molar-refractivity contribution in [2.75, 3.05) is 6.54 Å². The number of halogens is 4. The third-order valence-electron chi connectivity index (χ3n) is 2.13. The third kappa shape index (κ3) is 3.02. The molecule has 0 aromatic carbocycles. The zero-order chi connectivity index (χ0) is 10.1. The highest BCUT2D eigenvalue weighted by Crippen LogP contribution is 2.30. The maximum Gasteiger partial charge on any atom is 0.404 e. The van der Waals surface area contributed by atoms with Gasteiger partial charge in [0.2, 0.25) is 0 Å². The van der Waals surface area contributed by atoms with Crippen LogP contribution in [0, 0.1) is 5.92 Å². The number of piperidine rings is 1. The van der Waals surface area contributed by atoms with E-state index in [-0.39, 0.29) is 25.4 Å². The maximum atomic E-state index is 12.2. The summed E-state index contributed by atoms with van der Waals surface area (Å²) in [5.74, 6) is -2.72. The summed E-state index contributed by atoms with van der Waals surface area (Å²) in [4.78, 5) is 10.5. The predicted octanol–water partition coefficient (Wildman–Crippen LogP) is 1.42. The fourth-order valence-electron chi connectivity index (χ4n) is 1.50. The highest BCUT2D eigenvalue weighted by Gasteiger charge is 2.48. The highest BCUT2D eigenvalue weighted by molar-refractivity contribution is 5.85. The molecule has 3 nitrogen and oxygen atoms in total. The molecule has 14 heavy (non-hydrogen) atoms. The van der Waals surface area contributed by atoms with Gasteiger partial charge in [0.1, 0.15) is 6.04 Å². The molecule has 1 rings (SSSR count). The van der Waals surface area contributed by atoms with E-state index >= 15 is 0 Å². The van der Waals surface area contributed by atoms with Crippen LogP contribution in [0.15, 0.2) is 0 Å². The number of aliphatic carboxylic acids is 1. The molecular formula is C7H11ClF3NO2. The van der Waals surface area contributed by atoms with E-state index < -0.39 is 24.1 Å². The van der Waals surface area contributed by atoms with Gasteiger partial charge in [0.15, 0.2) is 0 Å². The zero-order valence-corrected chi connectivity index (χ0v) is 7.99. The highest BCUT2D eigenvalue weighted by atomic mass is 35.5. The van der Waals surface area contributed by atoms with E-state index in [1.54, 1.807) is 0 Å². The van der Waals surface area contributed by atoms with Crippen LogP contribution in [0.3, 0.4) is 0 Å². The molecule has 7 heteroatoms. The van der Waals surface area contributed by atoms with Crippen LogP contribution in [0.25, 0.3) is 0 Å². The second kappa shape index (κ2) is 4.84. The van der Waals surface area contributed by atoms with Gasteiger partial charge in [-0.25, -0.2) is 0 Å². The lowest BCUT2D eigenvalue weighted by Crippen LogP contribution is -2.53. The van der Waals surface area contributed by atoms with E-state index in [0.717, 1.165) is 0 Å². The van der Waals surface area contributed by atoms with Gasteiger partial charge in [0, 0.05) is 0 Å². The zero-order valence-electron chi connectivity index (χ0n) is 7.17. The molecule has 1 fully saturated rings. The lowest BCUT2D eigenvalue weighted by molar-refractivity contribution is -0.183. The van der Waals surface area contributed by atoms with Crippen LogP contribution >= 0.6 is 12.4 Å². The van der Waals surface area contributed by atoms with Crippen LogP contribution in [0.4, 0.5) is 13.2 Å². The fraction of sp³-hybridized carbons (Fsp3) is 0.857. The number of hydrogen-bond donors (Lipinski definition) is 2. The molecule has 2 N–H and O–H groups in total. The monoisotopic (exact) mass is 233 g/mol. The minimum Gasteiger partial charge on any atom is -0.481 e. The number of carbonyl (C=O) groups is 1. The molecule has 0 amide bonds. The Balaban J connectivity index is 0.00000169. The molecule has 0 aromatic rings. The lowest BCUT2D eigenvalue weighted by atomic mass is 9.90. The molecule has 2 atom stereocenters. The number of hydrogen-bond acceptors (Lipinski definition) is 2. The topological polar surface area (TPSA) is 49.3 Å². The lowest BCUT2D eigenvalue weighted by Gasteiger charge is -2.31. The smallest absolute Gasteiger partial charge is 0.404 e. The van der Waals surface area contributed by atoms with E-state index in [9.17, 15) is 18.0 Å². The standard InChI is InChI=1S/C7H10F3NO2.ClH/c8-7(9,10)5-4(6(12)13)2-1-3-11-5;/h4-5,11H,1-3H2,(H,12,13);1H/t4-,5+;/m1./s1. The van der Waals surface area contributed by atoms with E-state index in [1.165, 1.54) is 0 Å². The average molecular weight is 234 g/mol. The minimum atomic E-state index is -4.47. The first-order valence-electron chi connectivity index (χ1n) is 3.96. The van der Waals surface area contributed by atoms with E-state index in [2.05, 4.69) is 5.32 Å². The molecule has 84 valence electrons. The summed E-state index contributed by atoms with van der Waals surface area (Å²) < 4.78 is 36.7. The van der Waals surface area contributed by atoms with E-state index in [1.807, 2.05) is 0 Å². The van der Waals surface area contributed by atoms with Crippen molar-refractivity contribution in [2.24, 2.45) is 5.92 Å². The largest absolute Gasteiger partial charge is 0.481 e. The summed E-state index contributed by atoms with van der Waals surface area (Å²) in [5.41, 5.74) is 0. The van der Waals surface area contributed by atoms with Crippen LogP contribution in [0.5, 0.6) is 0 Å². The Morgan fingerprint density at radius 1 is 1.43 bits per heavy atom. The molecule has 0 bridgehead atoms. The molecule has 1 heterocycles. The molecule has 1 aliphatic rings. The SMILES string of the molecule is Cl.O=C(O)[C@@H]1CCCN[C@@H]1C(F)(F)F. The van der Waals surface area contributed by atoms with Gasteiger partial charge in [-0.15, -0.1) is 12.4 Å². The van der Waals surface area contributed by atoms with Crippen molar-refractivity contribution in [1.82, 2.24) is 5.32 Å². The Morgan fingerprint density at radius 2 is 2.00 bits per heavy atom. The van der Waals surface area contributed by atoms with Crippen LogP contribution < -0.4 is 5.32 Å². The number of rotatable bonds is 1. The van der Waals surface area contributed by atoms with Crippen molar-refractivity contribution in [3.05, 3.63) is 0 Å². The molecule has 1 aliphatic heterocycles. The van der Waals surface area contributed by atoms with Gasteiger partial charge in [0.05, 0.1) is 5.92 Å². The summed E-state index contributed by atoms with van der Waals surface area (Å²) in [6.07, 6.45) is -3.90. The molecule has 1 saturated heterocycles. The quantitative estimate of drug-likeness (QED) is 0.720. The van der Waals surface area contributed by atoms with Gasteiger partial charge in [0.25, 0.3) is 0 Å². The Bertz CT molecular complexity index is 210. The van der Waals surface area contributed by atoms with Crippen LogP contribution in [0.2, 0.25) is 0 Å². The van der Waals surface area contributed by atoms with E-state index in [0.29, 0.717) is 6.42 Å². The summed E-state index contributed by atoms with van der Waals surface area (Å²) in [5, 5.41) is 10.7. The first-order valence-corrected chi connectivity index (χ1v) is 3.96. The van der Waals surface area contributed by atoms with Crippen molar-refractivity contribution in [2.45, 2.75) is 25.1 Å². The first kappa shape index (κ1) is 13.5. The molecule has 0 aromatic heterocycles. The molecule has 0 saturated carbocycles. The predicted molar refractivity (Wildman–Crippen MR) is 45.5 cm³/mol. The molecule has 0 radical (unpaired) electrons. The van der Waals surface area contributed by atoms with Crippen LogP contribution in [-0.2, 0) is 4.79 Å². The Hall–Kier alpha value is -0.490. The Morgan fingerprint density at radius 3 is 2.36 bits per heavy atom. The Labute approximate surface area is 85.1 Å². The van der Waals surface area contributed by atoms with Crippen LogP contribution in [0.1, 0.15) is 12.8 Å². The Kier molecular flexibility index (Phi) is 4.67. The van der Waals surface area contributed by atoms with E-state index in [4.69, 9.17) is 5.11 Å². The number of nitrogens with one attached hydrogen (secondary N) is 1. The van der Waals surface area contributed by atoms with Crippen LogP contribution in [-0.4, -0.2) is 29.8 Å². The summed E-state index contributed by atoms with van der Waals surface area (Å²) >= 11 is 0. The second-order valence-electron chi connectivity index (χ2n) is 3.06. The summed E-state index contributed by atoms with van der Waals surface area (Å²) in [7, 11) is 0. The first-order chi connectivity index (χ1) is 5.93. The van der Waals surface area contributed by atoms with Gasteiger partial charge in [-0.1, -0.05) is 0 Å². The summed E-state index contributed by atoms with van der Waals surface area (Å²) in [6, 6.07) is -1.89. The second-order valence-corrected chi connectivity index (χ2v) is 3.06. The van der Waals surface area contributed by atoms with Crippen molar-refractivity contribution in [1.29, 1.82) is 0 Å². The average Bonchev–Trinajstić information content (AvgIpc) is 2.03. The van der Waals surface area contributed by atoms with Crippen molar-refractivity contribution >= 4 is 18.4 Å². The molecule has 0 spiro atoms. The molecular weight excluding hydrogens is 223 g/mol. The van der Waals surface area contributed by atoms with Gasteiger partial charge in [-0.05, 0) is 19.4 Å². The van der Waals surface area contributed by atoms with Crippen molar-refractivity contribution in [3.8, 4) is 0 Å².